The molecule has 5 heteroatoms. The number of aliphatic hydroxyl groups excluding tert-OH is 1. The van der Waals surface area contributed by atoms with Gasteiger partial charge in [-0.05, 0) is 93.8 Å². The number of aliphatic hydroxyl groups is 2. The number of aromatic amines is 1. The van der Waals surface area contributed by atoms with Crippen LogP contribution in [0.3, 0.4) is 0 Å². The van der Waals surface area contributed by atoms with E-state index < -0.39 is 5.60 Å². The topological polar surface area (TPSA) is 81.2 Å². The highest BCUT2D eigenvalue weighted by Gasteiger charge is 2.55. The first-order chi connectivity index (χ1) is 15.9. The fourth-order valence-corrected chi connectivity index (χ4v) is 6.86. The molecule has 0 bridgehead atoms. The van der Waals surface area contributed by atoms with Gasteiger partial charge >= 0.3 is 0 Å². The lowest BCUT2D eigenvalue weighted by Crippen LogP contribution is -2.48. The van der Waals surface area contributed by atoms with E-state index in [1.807, 2.05) is 14.1 Å². The molecule has 4 unspecified atom stereocenters. The fraction of sp³-hybridized carbons (Fsp3) is 0.536. The summed E-state index contributed by atoms with van der Waals surface area (Å²) in [4.78, 5) is 7.59. The zero-order chi connectivity index (χ0) is 23.2. The smallest absolute Gasteiger partial charge is 0.0933 e. The van der Waals surface area contributed by atoms with E-state index in [0.717, 1.165) is 61.6 Å². The predicted molar refractivity (Wildman–Crippen MR) is 134 cm³/mol. The second kappa shape index (κ2) is 8.53. The normalized spacial score (nSPS) is 35.2. The van der Waals surface area contributed by atoms with Crippen LogP contribution < -0.4 is 5.32 Å². The maximum absolute atomic E-state index is 12.1. The highest BCUT2D eigenvalue weighted by atomic mass is 16.3. The molecule has 5 atom stereocenters. The molecule has 4 aliphatic carbocycles. The van der Waals surface area contributed by atoms with Crippen molar-refractivity contribution < 1.29 is 10.2 Å². The first-order valence-electron chi connectivity index (χ1n) is 12.4. The van der Waals surface area contributed by atoms with Crippen LogP contribution >= 0.6 is 0 Å². The first kappa shape index (κ1) is 22.6. The summed E-state index contributed by atoms with van der Waals surface area (Å²) >= 11 is 0. The van der Waals surface area contributed by atoms with E-state index in [1.54, 1.807) is 6.33 Å². The maximum Gasteiger partial charge on any atom is 0.0933 e. The Kier molecular flexibility index (Phi) is 5.84. The number of hydrogen-bond acceptors (Lipinski definition) is 4. The molecule has 1 saturated carbocycles. The Morgan fingerprint density at radius 2 is 1.97 bits per heavy atom. The van der Waals surface area contributed by atoms with Crippen LogP contribution in [-0.2, 0) is 0 Å². The van der Waals surface area contributed by atoms with E-state index in [0.29, 0.717) is 5.92 Å². The molecule has 1 heterocycles. The molecule has 33 heavy (non-hydrogen) atoms. The van der Waals surface area contributed by atoms with E-state index in [4.69, 9.17) is 0 Å². The molecule has 6 rings (SSSR count). The van der Waals surface area contributed by atoms with Crippen LogP contribution in [0.5, 0.6) is 0 Å². The molecule has 5 nitrogen and oxygen atoms in total. The Morgan fingerprint density at radius 3 is 2.79 bits per heavy atom. The van der Waals surface area contributed by atoms with Crippen LogP contribution in [0, 0.1) is 17.3 Å². The molecular formula is C28H37N3O2. The number of nitrogens with zero attached hydrogens (tertiary/aromatic N) is 1. The number of hydrogen-bond donors (Lipinski definition) is 4. The Balaban J connectivity index is 0.000000724. The minimum atomic E-state index is -0.779. The quantitative estimate of drug-likeness (QED) is 0.509. The average Bonchev–Trinajstić information content (AvgIpc) is 3.36. The number of benzene rings is 1. The predicted octanol–water partition coefficient (Wildman–Crippen LogP) is 4.75. The van der Waals surface area contributed by atoms with Crippen molar-refractivity contribution >= 4 is 16.6 Å². The monoisotopic (exact) mass is 447 g/mol. The Morgan fingerprint density at radius 1 is 1.15 bits per heavy atom. The Labute approximate surface area is 196 Å². The van der Waals surface area contributed by atoms with Crippen molar-refractivity contribution in [3.8, 4) is 0 Å². The summed E-state index contributed by atoms with van der Waals surface area (Å²) in [7, 11) is 3.75. The van der Waals surface area contributed by atoms with E-state index in [-0.39, 0.29) is 17.4 Å². The Bertz CT molecular complexity index is 1130. The third-order valence-corrected chi connectivity index (χ3v) is 8.55. The molecule has 4 aliphatic rings. The lowest BCUT2D eigenvalue weighted by molar-refractivity contribution is -0.0330. The average molecular weight is 448 g/mol. The van der Waals surface area contributed by atoms with Crippen molar-refractivity contribution in [2.45, 2.75) is 63.6 Å². The summed E-state index contributed by atoms with van der Waals surface area (Å²) in [5.41, 5.74) is 6.26. The number of rotatable bonds is 1. The van der Waals surface area contributed by atoms with Gasteiger partial charge in [-0.25, -0.2) is 4.98 Å². The van der Waals surface area contributed by atoms with Gasteiger partial charge in [-0.2, -0.15) is 0 Å². The van der Waals surface area contributed by atoms with E-state index in [9.17, 15) is 10.2 Å². The van der Waals surface area contributed by atoms with Crippen LogP contribution in [0.1, 0.15) is 57.4 Å². The molecule has 0 saturated heterocycles. The van der Waals surface area contributed by atoms with Crippen LogP contribution in [0.2, 0.25) is 0 Å². The number of nitrogens with one attached hydrogen (secondary N) is 2. The summed E-state index contributed by atoms with van der Waals surface area (Å²) in [6, 6.07) is 6.47. The molecule has 176 valence electrons. The standard InChI is InChI=1S/C26H30N2O2.C2H7N/c1-25-10-9-19-12-18-13-20(29)4-2-16(18)8-11-26(19,30)24(25)7-5-21(25)17-3-6-22-23(14-17)28-15-27-22;1-3-2/h3,5-6,9,12,14-16,20,24,29-30H,2,4,7-8,10-11,13H2,1H3,(H,27,28);3H,1-2H3/t16?,20?,24?,25?,26-;/m1./s1. The van der Waals surface area contributed by atoms with Gasteiger partial charge in [0.15, 0.2) is 0 Å². The molecule has 0 aliphatic heterocycles. The molecular weight excluding hydrogens is 410 g/mol. The number of allylic oxidation sites excluding steroid dienone is 3. The molecule has 2 aromatic rings. The van der Waals surface area contributed by atoms with Gasteiger partial charge in [0.1, 0.15) is 0 Å². The van der Waals surface area contributed by atoms with Crippen LogP contribution in [-0.4, -0.2) is 46.0 Å². The van der Waals surface area contributed by atoms with Crippen molar-refractivity contribution in [1.29, 1.82) is 0 Å². The fourth-order valence-electron chi connectivity index (χ4n) is 6.86. The van der Waals surface area contributed by atoms with Crippen molar-refractivity contribution in [3.63, 3.8) is 0 Å². The first-order valence-corrected chi connectivity index (χ1v) is 12.4. The maximum atomic E-state index is 12.1. The van der Waals surface area contributed by atoms with Crippen LogP contribution in [0.4, 0.5) is 0 Å². The van der Waals surface area contributed by atoms with E-state index in [2.05, 4.69) is 58.6 Å². The second-order valence-electron chi connectivity index (χ2n) is 10.6. The van der Waals surface area contributed by atoms with Gasteiger partial charge in [0, 0.05) is 11.3 Å². The molecule has 1 aromatic heterocycles. The van der Waals surface area contributed by atoms with Crippen LogP contribution in [0.25, 0.3) is 16.6 Å². The molecule has 0 amide bonds. The van der Waals surface area contributed by atoms with Crippen molar-refractivity contribution in [1.82, 2.24) is 15.3 Å². The third-order valence-electron chi connectivity index (χ3n) is 8.55. The minimum Gasteiger partial charge on any atom is -0.393 e. The minimum absolute atomic E-state index is 0.0700. The van der Waals surface area contributed by atoms with Gasteiger partial charge in [-0.1, -0.05) is 36.8 Å². The van der Waals surface area contributed by atoms with Crippen molar-refractivity contribution in [3.05, 3.63) is 59.5 Å². The zero-order valence-corrected chi connectivity index (χ0v) is 20.1. The van der Waals surface area contributed by atoms with Crippen molar-refractivity contribution in [2.24, 2.45) is 17.3 Å². The van der Waals surface area contributed by atoms with E-state index >= 15 is 0 Å². The lowest BCUT2D eigenvalue weighted by atomic mass is 9.58. The summed E-state index contributed by atoms with van der Waals surface area (Å²) < 4.78 is 0. The summed E-state index contributed by atoms with van der Waals surface area (Å²) in [6.45, 7) is 2.34. The number of aromatic nitrogens is 2. The zero-order valence-electron chi connectivity index (χ0n) is 20.1. The summed E-state index contributed by atoms with van der Waals surface area (Å²) in [5.74, 6) is 0.714. The molecule has 0 radical (unpaired) electrons. The van der Waals surface area contributed by atoms with E-state index in [1.165, 1.54) is 16.7 Å². The van der Waals surface area contributed by atoms with Gasteiger partial charge in [-0.3, -0.25) is 0 Å². The van der Waals surface area contributed by atoms with Crippen LogP contribution in [0.15, 0.2) is 53.9 Å². The van der Waals surface area contributed by atoms with Gasteiger partial charge in [0.05, 0.1) is 29.1 Å². The SMILES string of the molecule is CC12CC=C3C=C4CC(O)CCC4CC[C@]3(O)C1CC=C2c1ccc2nc[nH]c2c1.CNC. The van der Waals surface area contributed by atoms with Gasteiger partial charge in [-0.15, -0.1) is 0 Å². The molecule has 0 spiro atoms. The third kappa shape index (κ3) is 3.71. The molecule has 1 fully saturated rings. The van der Waals surface area contributed by atoms with Gasteiger partial charge in [0.25, 0.3) is 0 Å². The molecule has 1 aromatic carbocycles. The highest BCUT2D eigenvalue weighted by molar-refractivity contribution is 5.83. The lowest BCUT2D eigenvalue weighted by Gasteiger charge is -2.48. The van der Waals surface area contributed by atoms with Gasteiger partial charge < -0.3 is 20.5 Å². The number of imidazole rings is 1. The Hall–Kier alpha value is -2.21. The highest BCUT2D eigenvalue weighted by Crippen LogP contribution is 2.61. The number of fused-ring (bicyclic) bond motifs is 5. The van der Waals surface area contributed by atoms with Gasteiger partial charge in [0.2, 0.25) is 0 Å². The van der Waals surface area contributed by atoms with Crippen molar-refractivity contribution in [2.75, 3.05) is 14.1 Å². The summed E-state index contributed by atoms with van der Waals surface area (Å²) in [6.07, 6.45) is 14.9. The summed E-state index contributed by atoms with van der Waals surface area (Å²) in [5, 5.41) is 25.0. The second-order valence-corrected chi connectivity index (χ2v) is 10.6. The molecule has 4 N–H and O–H groups in total. The number of H-pyrrole nitrogens is 1. The largest absolute Gasteiger partial charge is 0.393 e.